The van der Waals surface area contributed by atoms with Gasteiger partial charge in [0.05, 0.1) is 12.7 Å². The molecule has 0 saturated carbocycles. The zero-order valence-electron chi connectivity index (χ0n) is 11.6. The van der Waals surface area contributed by atoms with Gasteiger partial charge in [-0.2, -0.15) is 13.2 Å². The van der Waals surface area contributed by atoms with Crippen LogP contribution in [0.3, 0.4) is 0 Å². The van der Waals surface area contributed by atoms with E-state index in [4.69, 9.17) is 10.5 Å². The highest BCUT2D eigenvalue weighted by Crippen LogP contribution is 2.35. The van der Waals surface area contributed by atoms with E-state index in [0.717, 1.165) is 17.7 Å². The lowest BCUT2D eigenvalue weighted by Crippen LogP contribution is -2.05. The number of alkyl halides is 3. The van der Waals surface area contributed by atoms with Crippen molar-refractivity contribution < 1.29 is 17.9 Å². The number of hydrogen-bond donors (Lipinski definition) is 1. The van der Waals surface area contributed by atoms with Crippen molar-refractivity contribution in [2.24, 2.45) is 5.73 Å². The first kappa shape index (κ1) is 15.4. The maximum Gasteiger partial charge on any atom is 0.416 e. The lowest BCUT2D eigenvalue weighted by molar-refractivity contribution is -0.137. The first-order valence-corrected chi connectivity index (χ1v) is 6.50. The Labute approximate surface area is 121 Å². The van der Waals surface area contributed by atoms with Crippen LogP contribution in [0.1, 0.15) is 11.1 Å². The molecule has 0 atom stereocenters. The molecule has 2 rings (SSSR count). The maximum absolute atomic E-state index is 12.8. The number of hydrogen-bond acceptors (Lipinski definition) is 2. The van der Waals surface area contributed by atoms with Crippen LogP contribution in [0.2, 0.25) is 0 Å². The Morgan fingerprint density at radius 1 is 1.10 bits per heavy atom. The van der Waals surface area contributed by atoms with Crippen LogP contribution >= 0.6 is 0 Å². The molecule has 2 aromatic carbocycles. The van der Waals surface area contributed by atoms with E-state index >= 15 is 0 Å². The predicted octanol–water partition coefficient (Wildman–Crippen LogP) is 3.88. The molecule has 0 aromatic heterocycles. The van der Waals surface area contributed by atoms with Crippen molar-refractivity contribution in [3.8, 4) is 16.9 Å². The fourth-order valence-corrected chi connectivity index (χ4v) is 2.17. The van der Waals surface area contributed by atoms with Crippen LogP contribution in [-0.4, -0.2) is 13.7 Å². The van der Waals surface area contributed by atoms with E-state index in [1.54, 1.807) is 12.1 Å². The standard InChI is InChI=1S/C16H16F3NO/c1-21-15-6-5-11(7-8-20)9-14(15)12-3-2-4-13(10-12)16(17,18)19/h2-6,9-10H,7-8,20H2,1H3. The van der Waals surface area contributed by atoms with Crippen molar-refractivity contribution in [3.05, 3.63) is 53.6 Å². The summed E-state index contributed by atoms with van der Waals surface area (Å²) in [6.45, 7) is 0.481. The molecule has 2 aromatic rings. The second-order valence-electron chi connectivity index (χ2n) is 4.65. The largest absolute Gasteiger partial charge is 0.496 e. The summed E-state index contributed by atoms with van der Waals surface area (Å²) in [4.78, 5) is 0. The van der Waals surface area contributed by atoms with Gasteiger partial charge in [-0.1, -0.05) is 18.2 Å². The highest BCUT2D eigenvalue weighted by atomic mass is 19.4. The Balaban J connectivity index is 2.52. The van der Waals surface area contributed by atoms with E-state index in [9.17, 15) is 13.2 Å². The number of methoxy groups -OCH3 is 1. The first-order chi connectivity index (χ1) is 9.95. The summed E-state index contributed by atoms with van der Waals surface area (Å²) in [6, 6.07) is 10.7. The Morgan fingerprint density at radius 2 is 1.86 bits per heavy atom. The zero-order chi connectivity index (χ0) is 15.5. The second-order valence-corrected chi connectivity index (χ2v) is 4.65. The van der Waals surface area contributed by atoms with Gasteiger partial charge in [0, 0.05) is 5.56 Å². The predicted molar refractivity (Wildman–Crippen MR) is 76.2 cm³/mol. The number of rotatable bonds is 4. The maximum atomic E-state index is 12.8. The van der Waals surface area contributed by atoms with Crippen molar-refractivity contribution >= 4 is 0 Å². The van der Waals surface area contributed by atoms with Crippen molar-refractivity contribution in [3.63, 3.8) is 0 Å². The quantitative estimate of drug-likeness (QED) is 0.929. The summed E-state index contributed by atoms with van der Waals surface area (Å²) in [7, 11) is 1.50. The molecule has 2 N–H and O–H groups in total. The van der Waals surface area contributed by atoms with Gasteiger partial charge < -0.3 is 10.5 Å². The molecule has 0 aliphatic rings. The van der Waals surface area contributed by atoms with Crippen LogP contribution in [0, 0.1) is 0 Å². The summed E-state index contributed by atoms with van der Waals surface area (Å²) >= 11 is 0. The molecule has 0 fully saturated rings. The molecule has 0 aliphatic heterocycles. The molecule has 0 unspecified atom stereocenters. The monoisotopic (exact) mass is 295 g/mol. The number of halogens is 3. The van der Waals surface area contributed by atoms with E-state index in [2.05, 4.69) is 0 Å². The smallest absolute Gasteiger partial charge is 0.416 e. The van der Waals surface area contributed by atoms with Gasteiger partial charge in [0.2, 0.25) is 0 Å². The van der Waals surface area contributed by atoms with E-state index in [1.165, 1.54) is 13.2 Å². The van der Waals surface area contributed by atoms with Crippen molar-refractivity contribution in [2.75, 3.05) is 13.7 Å². The topological polar surface area (TPSA) is 35.2 Å². The molecule has 2 nitrogen and oxygen atoms in total. The third kappa shape index (κ3) is 3.55. The zero-order valence-corrected chi connectivity index (χ0v) is 11.6. The highest BCUT2D eigenvalue weighted by molar-refractivity contribution is 5.72. The summed E-state index contributed by atoms with van der Waals surface area (Å²) in [5, 5.41) is 0. The lowest BCUT2D eigenvalue weighted by Gasteiger charge is -2.13. The Bertz CT molecular complexity index is 623. The van der Waals surface area contributed by atoms with Crippen LogP contribution in [0.5, 0.6) is 5.75 Å². The van der Waals surface area contributed by atoms with Crippen molar-refractivity contribution in [2.45, 2.75) is 12.6 Å². The Hall–Kier alpha value is -2.01. The number of ether oxygens (including phenoxy) is 1. The van der Waals surface area contributed by atoms with Crippen LogP contribution in [-0.2, 0) is 12.6 Å². The molecule has 0 radical (unpaired) electrons. The average Bonchev–Trinajstić information content (AvgIpc) is 2.47. The molecule has 5 heteroatoms. The van der Waals surface area contributed by atoms with Gasteiger partial charge in [-0.15, -0.1) is 0 Å². The SMILES string of the molecule is COc1ccc(CCN)cc1-c1cccc(C(F)(F)F)c1. The molecule has 112 valence electrons. The molecule has 0 spiro atoms. The number of nitrogens with two attached hydrogens (primary N) is 1. The fraction of sp³-hybridized carbons (Fsp3) is 0.250. The van der Waals surface area contributed by atoms with E-state index in [-0.39, 0.29) is 0 Å². The number of benzene rings is 2. The van der Waals surface area contributed by atoms with Crippen molar-refractivity contribution in [1.29, 1.82) is 0 Å². The van der Waals surface area contributed by atoms with Crippen LogP contribution < -0.4 is 10.5 Å². The molecule has 0 heterocycles. The molecular weight excluding hydrogens is 279 g/mol. The molecular formula is C16H16F3NO. The molecule has 0 saturated heterocycles. The van der Waals surface area contributed by atoms with Gasteiger partial charge in [-0.05, 0) is 48.4 Å². The van der Waals surface area contributed by atoms with E-state index in [1.807, 2.05) is 12.1 Å². The minimum absolute atomic E-state index is 0.473. The van der Waals surface area contributed by atoms with Gasteiger partial charge in [0.15, 0.2) is 0 Å². The highest BCUT2D eigenvalue weighted by Gasteiger charge is 2.30. The average molecular weight is 295 g/mol. The van der Waals surface area contributed by atoms with E-state index < -0.39 is 11.7 Å². The van der Waals surface area contributed by atoms with Crippen LogP contribution in [0.15, 0.2) is 42.5 Å². The van der Waals surface area contributed by atoms with Crippen LogP contribution in [0.4, 0.5) is 13.2 Å². The molecule has 0 aliphatic carbocycles. The minimum atomic E-state index is -4.36. The first-order valence-electron chi connectivity index (χ1n) is 6.50. The van der Waals surface area contributed by atoms with E-state index in [0.29, 0.717) is 29.8 Å². The van der Waals surface area contributed by atoms with Gasteiger partial charge in [0.1, 0.15) is 5.75 Å². The summed E-state index contributed by atoms with van der Waals surface area (Å²) in [5.74, 6) is 0.537. The normalized spacial score (nSPS) is 11.5. The minimum Gasteiger partial charge on any atom is -0.496 e. The van der Waals surface area contributed by atoms with Crippen LogP contribution in [0.25, 0.3) is 11.1 Å². The second kappa shape index (κ2) is 6.18. The summed E-state index contributed by atoms with van der Waals surface area (Å²) in [5.41, 5.74) is 6.92. The third-order valence-electron chi connectivity index (χ3n) is 3.20. The van der Waals surface area contributed by atoms with Gasteiger partial charge in [-0.25, -0.2) is 0 Å². The summed E-state index contributed by atoms with van der Waals surface area (Å²) in [6.07, 6.45) is -3.70. The fourth-order valence-electron chi connectivity index (χ4n) is 2.17. The third-order valence-corrected chi connectivity index (χ3v) is 3.20. The lowest BCUT2D eigenvalue weighted by atomic mass is 9.99. The van der Waals surface area contributed by atoms with Crippen molar-refractivity contribution in [1.82, 2.24) is 0 Å². The Kier molecular flexibility index (Phi) is 4.53. The molecule has 0 amide bonds. The Morgan fingerprint density at radius 3 is 2.48 bits per heavy atom. The summed E-state index contributed by atoms with van der Waals surface area (Å²) < 4.78 is 43.7. The van der Waals surface area contributed by atoms with Gasteiger partial charge >= 0.3 is 6.18 Å². The van der Waals surface area contributed by atoms with Gasteiger partial charge in [0.25, 0.3) is 0 Å². The van der Waals surface area contributed by atoms with Gasteiger partial charge in [-0.3, -0.25) is 0 Å². The molecule has 0 bridgehead atoms. The molecule has 21 heavy (non-hydrogen) atoms.